The Kier molecular flexibility index (Phi) is 3.61. The van der Waals surface area contributed by atoms with Gasteiger partial charge in [-0.3, -0.25) is 9.59 Å². The van der Waals surface area contributed by atoms with Crippen LogP contribution in [-0.4, -0.2) is 34.5 Å². The van der Waals surface area contributed by atoms with Crippen LogP contribution in [0.25, 0.3) is 0 Å². The third kappa shape index (κ3) is 2.50. The van der Waals surface area contributed by atoms with Gasteiger partial charge in [0, 0.05) is 37.3 Å². The second-order valence-electron chi connectivity index (χ2n) is 6.71. The van der Waals surface area contributed by atoms with Crippen molar-refractivity contribution in [2.75, 3.05) is 13.1 Å². The van der Waals surface area contributed by atoms with Gasteiger partial charge in [0.25, 0.3) is 5.56 Å². The van der Waals surface area contributed by atoms with Gasteiger partial charge in [-0.1, -0.05) is 19.9 Å². The third-order valence-electron chi connectivity index (χ3n) is 4.79. The number of nitrogens with two attached hydrogens (primary N) is 1. The minimum Gasteiger partial charge on any atom is -0.340 e. The van der Waals surface area contributed by atoms with Gasteiger partial charge in [0.05, 0.1) is 6.04 Å². The predicted octanol–water partition coefficient (Wildman–Crippen LogP) is 0.777. The largest absolute Gasteiger partial charge is 0.340 e. The van der Waals surface area contributed by atoms with Crippen LogP contribution in [0.2, 0.25) is 0 Å². The molecule has 3 heterocycles. The Morgan fingerprint density at radius 2 is 2.05 bits per heavy atom. The Balaban J connectivity index is 1.85. The van der Waals surface area contributed by atoms with Gasteiger partial charge >= 0.3 is 0 Å². The smallest absolute Gasteiger partial charge is 0.250 e. The molecule has 1 amide bonds. The third-order valence-corrected chi connectivity index (χ3v) is 4.79. The Labute approximate surface area is 124 Å². The van der Waals surface area contributed by atoms with Crippen LogP contribution in [-0.2, 0) is 11.3 Å². The monoisotopic (exact) mass is 289 g/mol. The van der Waals surface area contributed by atoms with Gasteiger partial charge in [0.2, 0.25) is 5.91 Å². The first-order valence-electron chi connectivity index (χ1n) is 7.71. The maximum absolute atomic E-state index is 12.5. The molecule has 2 bridgehead atoms. The quantitative estimate of drug-likeness (QED) is 0.874. The van der Waals surface area contributed by atoms with E-state index in [4.69, 9.17) is 5.73 Å². The summed E-state index contributed by atoms with van der Waals surface area (Å²) in [6.07, 6.45) is 1.06. The zero-order chi connectivity index (χ0) is 15.1. The van der Waals surface area contributed by atoms with E-state index in [9.17, 15) is 9.59 Å². The number of hydrogen-bond donors (Lipinski definition) is 1. The summed E-state index contributed by atoms with van der Waals surface area (Å²) >= 11 is 0. The highest BCUT2D eigenvalue weighted by Crippen LogP contribution is 2.35. The number of fused-ring (bicyclic) bond motifs is 4. The molecule has 2 aliphatic rings. The van der Waals surface area contributed by atoms with E-state index in [1.165, 1.54) is 0 Å². The maximum Gasteiger partial charge on any atom is 0.250 e. The zero-order valence-electron chi connectivity index (χ0n) is 12.7. The highest BCUT2D eigenvalue weighted by atomic mass is 16.2. The standard InChI is InChI=1S/C16H23N3O2/c1-10(2)15(17)16(21)18-7-11-6-12(9-18)13-4-3-5-14(20)19(13)8-11/h3-5,10-12,15H,6-9,17H2,1-2H3/t11?,12?,15-/m0/s1. The first kappa shape index (κ1) is 14.3. The highest BCUT2D eigenvalue weighted by Gasteiger charge is 2.37. The average molecular weight is 289 g/mol. The van der Waals surface area contributed by atoms with Crippen molar-refractivity contribution in [3.8, 4) is 0 Å². The van der Waals surface area contributed by atoms with Gasteiger partial charge in [-0.25, -0.2) is 0 Å². The molecule has 0 aromatic carbocycles. The molecule has 0 spiro atoms. The molecule has 2 unspecified atom stereocenters. The van der Waals surface area contributed by atoms with Crippen molar-refractivity contribution < 1.29 is 4.79 Å². The fraction of sp³-hybridized carbons (Fsp3) is 0.625. The minimum atomic E-state index is -0.429. The summed E-state index contributed by atoms with van der Waals surface area (Å²) in [4.78, 5) is 26.4. The summed E-state index contributed by atoms with van der Waals surface area (Å²) < 4.78 is 1.88. The van der Waals surface area contributed by atoms with Crippen molar-refractivity contribution in [3.05, 3.63) is 34.2 Å². The first-order valence-corrected chi connectivity index (χ1v) is 7.71. The Hall–Kier alpha value is -1.62. The van der Waals surface area contributed by atoms with E-state index in [0.29, 0.717) is 19.0 Å². The molecule has 5 nitrogen and oxygen atoms in total. The van der Waals surface area contributed by atoms with Gasteiger partial charge < -0.3 is 15.2 Å². The van der Waals surface area contributed by atoms with Gasteiger partial charge in [-0.15, -0.1) is 0 Å². The number of nitrogens with zero attached hydrogens (tertiary/aromatic N) is 2. The molecule has 0 aliphatic carbocycles. The molecule has 3 atom stereocenters. The van der Waals surface area contributed by atoms with Gasteiger partial charge in [0.15, 0.2) is 0 Å². The fourth-order valence-corrected chi connectivity index (χ4v) is 3.57. The SMILES string of the molecule is CC(C)[C@H](N)C(=O)N1CC2CC(C1)c1cccc(=O)n1C2. The van der Waals surface area contributed by atoms with E-state index < -0.39 is 6.04 Å². The lowest BCUT2D eigenvalue weighted by atomic mass is 9.82. The van der Waals surface area contributed by atoms with Crippen LogP contribution in [0.1, 0.15) is 31.9 Å². The molecule has 21 heavy (non-hydrogen) atoms. The summed E-state index contributed by atoms with van der Waals surface area (Å²) in [5, 5.41) is 0. The van der Waals surface area contributed by atoms with E-state index in [1.807, 2.05) is 35.4 Å². The van der Waals surface area contributed by atoms with Crippen molar-refractivity contribution in [2.45, 2.75) is 38.8 Å². The van der Waals surface area contributed by atoms with Crippen LogP contribution in [0.5, 0.6) is 0 Å². The summed E-state index contributed by atoms with van der Waals surface area (Å²) in [5.41, 5.74) is 7.15. The number of carbonyl (C=O) groups excluding carboxylic acids is 1. The summed E-state index contributed by atoms with van der Waals surface area (Å²) in [6, 6.07) is 5.01. The average Bonchev–Trinajstić information content (AvgIpc) is 2.46. The molecule has 5 heteroatoms. The second kappa shape index (κ2) is 5.30. The van der Waals surface area contributed by atoms with Gasteiger partial charge in [0.1, 0.15) is 0 Å². The first-order chi connectivity index (χ1) is 9.97. The maximum atomic E-state index is 12.5. The lowest BCUT2D eigenvalue weighted by molar-refractivity contribution is -0.136. The molecule has 0 saturated carbocycles. The van der Waals surface area contributed by atoms with Gasteiger partial charge in [-0.05, 0) is 24.3 Å². The van der Waals surface area contributed by atoms with Crippen LogP contribution in [0, 0.1) is 11.8 Å². The number of amides is 1. The zero-order valence-corrected chi connectivity index (χ0v) is 12.7. The molecule has 2 N–H and O–H groups in total. The van der Waals surface area contributed by atoms with E-state index in [1.54, 1.807) is 6.07 Å². The fourth-order valence-electron chi connectivity index (χ4n) is 3.57. The summed E-state index contributed by atoms with van der Waals surface area (Å²) in [7, 11) is 0. The van der Waals surface area contributed by atoms with E-state index in [0.717, 1.165) is 18.7 Å². The number of carbonyl (C=O) groups is 1. The number of likely N-dealkylation sites (tertiary alicyclic amines) is 1. The van der Waals surface area contributed by atoms with Crippen LogP contribution >= 0.6 is 0 Å². The molecular weight excluding hydrogens is 266 g/mol. The van der Waals surface area contributed by atoms with Crippen LogP contribution in [0.3, 0.4) is 0 Å². The second-order valence-corrected chi connectivity index (χ2v) is 6.71. The van der Waals surface area contributed by atoms with Crippen molar-refractivity contribution in [3.63, 3.8) is 0 Å². The summed E-state index contributed by atoms with van der Waals surface area (Å²) in [6.45, 7) is 6.06. The molecule has 2 aliphatic heterocycles. The number of rotatable bonds is 2. The molecular formula is C16H23N3O2. The van der Waals surface area contributed by atoms with Crippen LogP contribution < -0.4 is 11.3 Å². The number of piperidine rings is 1. The Morgan fingerprint density at radius 1 is 1.29 bits per heavy atom. The Morgan fingerprint density at radius 3 is 2.76 bits per heavy atom. The molecule has 1 aromatic heterocycles. The van der Waals surface area contributed by atoms with Crippen LogP contribution in [0.15, 0.2) is 23.0 Å². The van der Waals surface area contributed by atoms with Crippen LogP contribution in [0.4, 0.5) is 0 Å². The lowest BCUT2D eigenvalue weighted by Gasteiger charge is -2.43. The minimum absolute atomic E-state index is 0.0476. The summed E-state index contributed by atoms with van der Waals surface area (Å²) in [5.74, 6) is 0.815. The van der Waals surface area contributed by atoms with Crippen molar-refractivity contribution >= 4 is 5.91 Å². The normalized spacial score (nSPS) is 25.6. The molecule has 1 fully saturated rings. The van der Waals surface area contributed by atoms with Gasteiger partial charge in [-0.2, -0.15) is 0 Å². The molecule has 114 valence electrons. The number of pyridine rings is 1. The van der Waals surface area contributed by atoms with E-state index in [2.05, 4.69) is 0 Å². The Bertz CT molecular complexity index is 608. The highest BCUT2D eigenvalue weighted by molar-refractivity contribution is 5.82. The molecule has 1 aromatic rings. The lowest BCUT2D eigenvalue weighted by Crippen LogP contribution is -2.54. The number of hydrogen-bond acceptors (Lipinski definition) is 3. The molecule has 3 rings (SSSR count). The van der Waals surface area contributed by atoms with E-state index >= 15 is 0 Å². The molecule has 1 saturated heterocycles. The topological polar surface area (TPSA) is 68.3 Å². The van der Waals surface area contributed by atoms with Crippen molar-refractivity contribution in [1.82, 2.24) is 9.47 Å². The predicted molar refractivity (Wildman–Crippen MR) is 80.9 cm³/mol. The van der Waals surface area contributed by atoms with Crippen molar-refractivity contribution in [2.24, 2.45) is 17.6 Å². The van der Waals surface area contributed by atoms with E-state index in [-0.39, 0.29) is 23.3 Å². The number of aromatic nitrogens is 1. The van der Waals surface area contributed by atoms with Crippen molar-refractivity contribution in [1.29, 1.82) is 0 Å². The molecule has 0 radical (unpaired) electrons.